The number of nitrogens with two attached hydrogens (primary N) is 1. The van der Waals surface area contributed by atoms with Gasteiger partial charge in [0.1, 0.15) is 34.1 Å². The third-order valence-electron chi connectivity index (χ3n) is 4.78. The van der Waals surface area contributed by atoms with Crippen molar-refractivity contribution in [3.63, 3.8) is 0 Å². The van der Waals surface area contributed by atoms with Gasteiger partial charge >= 0.3 is 5.97 Å². The Kier molecular flexibility index (Phi) is 7.54. The number of aromatic nitrogens is 3. The van der Waals surface area contributed by atoms with Crippen LogP contribution in [0.4, 0.5) is 5.82 Å². The number of fused-ring (bicyclic) bond motifs is 1. The summed E-state index contributed by atoms with van der Waals surface area (Å²) < 4.78 is 0.698. The van der Waals surface area contributed by atoms with E-state index in [1.54, 1.807) is 11.6 Å². The number of aliphatic carboxylic acids is 1. The maximum atomic E-state index is 13.0. The molecule has 2 aliphatic heterocycles. The minimum atomic E-state index is -1.21. The van der Waals surface area contributed by atoms with Crippen molar-refractivity contribution in [2.75, 3.05) is 23.8 Å². The van der Waals surface area contributed by atoms with Crippen LogP contribution in [0, 0.1) is 12.3 Å². The van der Waals surface area contributed by atoms with Crippen LogP contribution in [0.25, 0.3) is 0 Å². The van der Waals surface area contributed by atoms with E-state index in [-0.39, 0.29) is 29.5 Å². The molecule has 0 radical (unpaired) electrons. The predicted octanol–water partition coefficient (Wildman–Crippen LogP) is 0.400. The Bertz CT molecular complexity index is 1260. The topological polar surface area (TPSA) is 173 Å². The summed E-state index contributed by atoms with van der Waals surface area (Å²) in [6.07, 6.45) is 5.16. The maximum Gasteiger partial charge on any atom is 0.352 e. The number of rotatable bonds is 9. The third kappa shape index (κ3) is 5.24. The molecule has 12 nitrogen and oxygen atoms in total. The average molecular weight is 532 g/mol. The molecule has 1 unspecified atom stereocenters. The van der Waals surface area contributed by atoms with Gasteiger partial charge < -0.3 is 21.0 Å². The molecule has 0 aliphatic carbocycles. The first-order chi connectivity index (χ1) is 16.9. The second-order valence-electron chi connectivity index (χ2n) is 6.98. The van der Waals surface area contributed by atoms with Crippen molar-refractivity contribution in [2.45, 2.75) is 15.8 Å². The second kappa shape index (κ2) is 10.8. The molecule has 0 spiro atoms. The Morgan fingerprint density at radius 2 is 2.29 bits per heavy atom. The van der Waals surface area contributed by atoms with E-state index in [2.05, 4.69) is 31.6 Å². The van der Waals surface area contributed by atoms with Crippen LogP contribution >= 0.6 is 34.9 Å². The number of carbonyl (C=O) groups excluding carboxylic acids is 2. The van der Waals surface area contributed by atoms with Gasteiger partial charge in [0.05, 0.1) is 0 Å². The lowest BCUT2D eigenvalue weighted by molar-refractivity contribution is -0.150. The van der Waals surface area contributed by atoms with Gasteiger partial charge in [-0.05, 0) is 17.7 Å². The number of nitrogens with one attached hydrogen (secondary N) is 1. The van der Waals surface area contributed by atoms with Crippen LogP contribution in [0.1, 0.15) is 5.69 Å². The Morgan fingerprint density at radius 1 is 1.46 bits per heavy atom. The number of β-lactam (4-membered cyclic amide) rings is 1. The highest BCUT2D eigenvalue weighted by Gasteiger charge is 2.54. The number of nitrogen functional groups attached to an aromatic ring is 1. The highest BCUT2D eigenvalue weighted by Crippen LogP contribution is 2.41. The molecule has 4 rings (SSSR count). The summed E-state index contributed by atoms with van der Waals surface area (Å²) in [6.45, 7) is -0.182. The van der Waals surface area contributed by atoms with E-state index in [4.69, 9.17) is 17.0 Å². The van der Waals surface area contributed by atoms with Gasteiger partial charge in [-0.3, -0.25) is 14.5 Å². The van der Waals surface area contributed by atoms with E-state index in [9.17, 15) is 19.5 Å². The lowest BCUT2D eigenvalue weighted by atomic mass is 10.0. The standard InChI is InChI=1S/C20H17N7O5S3/c1-2-6-32-26-13(11-4-3-5-12(21)23-11)16(28)24-14-17(29)27-15(19(30)31)10(7-33-18(14)27)8-34-20-25-22-9-35-20/h1,3-5,9,14,18H,6-8H2,(H2,21,23)(H,24,28)(H,30,31)/t14?,18-/m1/s1. The number of carboxylic acids is 1. The van der Waals surface area contributed by atoms with Crippen LogP contribution < -0.4 is 11.1 Å². The molecule has 180 valence electrons. The Balaban J connectivity index is 1.51. The van der Waals surface area contributed by atoms with E-state index in [1.807, 2.05) is 0 Å². The van der Waals surface area contributed by atoms with Crippen molar-refractivity contribution in [3.8, 4) is 12.3 Å². The Labute approximate surface area is 211 Å². The number of carbonyl (C=O) groups is 3. The largest absolute Gasteiger partial charge is 0.477 e. The summed E-state index contributed by atoms with van der Waals surface area (Å²) in [5.74, 6) is 0.612. The number of thioether (sulfide) groups is 2. The summed E-state index contributed by atoms with van der Waals surface area (Å²) in [6, 6.07) is 3.66. The number of amides is 2. The Hall–Kier alpha value is -3.61. The van der Waals surface area contributed by atoms with Crippen LogP contribution in [0.2, 0.25) is 0 Å². The van der Waals surface area contributed by atoms with Gasteiger partial charge in [-0.15, -0.1) is 28.4 Å². The molecular formula is C20H17N7O5S3. The molecule has 0 aromatic carbocycles. The molecule has 0 bridgehead atoms. The van der Waals surface area contributed by atoms with Crippen molar-refractivity contribution in [2.24, 2.45) is 5.16 Å². The van der Waals surface area contributed by atoms with Crippen LogP contribution in [0.15, 0.2) is 44.5 Å². The van der Waals surface area contributed by atoms with Gasteiger partial charge in [0.15, 0.2) is 16.7 Å². The number of carboxylic acid groups (broad SMARTS) is 1. The Morgan fingerprint density at radius 3 is 2.97 bits per heavy atom. The normalized spacial score (nSPS) is 19.5. The molecule has 1 fully saturated rings. The first-order valence-corrected chi connectivity index (χ1v) is 12.8. The fraction of sp³-hybridized carbons (Fsp3) is 0.250. The minimum Gasteiger partial charge on any atom is -0.477 e. The quantitative estimate of drug-likeness (QED) is 0.102. The molecule has 2 atom stereocenters. The minimum absolute atomic E-state index is 0.0787. The molecule has 4 N–H and O–H groups in total. The molecule has 15 heteroatoms. The van der Waals surface area contributed by atoms with E-state index >= 15 is 0 Å². The van der Waals surface area contributed by atoms with E-state index in [0.717, 1.165) is 0 Å². The number of nitrogens with zero attached hydrogens (tertiary/aromatic N) is 5. The van der Waals surface area contributed by atoms with Gasteiger partial charge in [0, 0.05) is 11.5 Å². The fourth-order valence-electron chi connectivity index (χ4n) is 3.30. The van der Waals surface area contributed by atoms with Crippen molar-refractivity contribution in [3.05, 3.63) is 40.7 Å². The van der Waals surface area contributed by atoms with Crippen molar-refractivity contribution in [1.29, 1.82) is 0 Å². The molecule has 2 aromatic rings. The van der Waals surface area contributed by atoms with Crippen LogP contribution in [-0.4, -0.2) is 78.2 Å². The highest BCUT2D eigenvalue weighted by molar-refractivity contribution is 8.01. The number of anilines is 1. The lowest BCUT2D eigenvalue weighted by Crippen LogP contribution is -2.71. The molecule has 2 aliphatic rings. The molecule has 35 heavy (non-hydrogen) atoms. The predicted molar refractivity (Wildman–Crippen MR) is 130 cm³/mol. The average Bonchev–Trinajstić information content (AvgIpc) is 3.36. The van der Waals surface area contributed by atoms with Crippen LogP contribution in [-0.2, 0) is 19.2 Å². The van der Waals surface area contributed by atoms with Crippen LogP contribution in [0.5, 0.6) is 0 Å². The number of hydrogen-bond donors (Lipinski definition) is 3. The van der Waals surface area contributed by atoms with Crippen molar-refractivity contribution in [1.82, 2.24) is 25.4 Å². The summed E-state index contributed by atoms with van der Waals surface area (Å²) in [7, 11) is 0. The van der Waals surface area contributed by atoms with Crippen molar-refractivity contribution < 1.29 is 24.3 Å². The molecule has 0 saturated carbocycles. The summed E-state index contributed by atoms with van der Waals surface area (Å²) in [4.78, 5) is 48.2. The van der Waals surface area contributed by atoms with Crippen molar-refractivity contribution >= 4 is 64.2 Å². The summed E-state index contributed by atoms with van der Waals surface area (Å²) >= 11 is 4.05. The first-order valence-electron chi connectivity index (χ1n) is 9.86. The lowest BCUT2D eigenvalue weighted by Gasteiger charge is -2.49. The number of terminal acetylenes is 1. The number of oxime groups is 1. The zero-order valence-corrected chi connectivity index (χ0v) is 20.2. The molecule has 4 heterocycles. The van der Waals surface area contributed by atoms with Gasteiger partial charge in [-0.1, -0.05) is 40.2 Å². The zero-order chi connectivity index (χ0) is 24.9. The van der Waals surface area contributed by atoms with Gasteiger partial charge in [0.25, 0.3) is 11.8 Å². The SMILES string of the molecule is C#CCON=C(C(=O)NC1C(=O)N2C(C(=O)O)=C(CSc3nncs3)CS[C@H]12)c1cccc(N)n1. The smallest absolute Gasteiger partial charge is 0.352 e. The summed E-state index contributed by atoms with van der Waals surface area (Å²) in [5, 5.41) is 23.3. The zero-order valence-electron chi connectivity index (χ0n) is 17.8. The van der Waals surface area contributed by atoms with E-state index in [1.165, 1.54) is 51.9 Å². The molecular weight excluding hydrogens is 514 g/mol. The van der Waals surface area contributed by atoms with Gasteiger partial charge in [-0.2, -0.15) is 0 Å². The van der Waals surface area contributed by atoms with Crippen LogP contribution in [0.3, 0.4) is 0 Å². The fourth-order valence-corrected chi connectivity index (χ4v) is 6.27. The molecule has 2 amide bonds. The highest BCUT2D eigenvalue weighted by atomic mass is 32.2. The second-order valence-corrected chi connectivity index (χ2v) is 10.1. The number of hydrogen-bond acceptors (Lipinski definition) is 12. The van der Waals surface area contributed by atoms with E-state index in [0.29, 0.717) is 21.4 Å². The summed E-state index contributed by atoms with van der Waals surface area (Å²) in [5.41, 5.74) is 7.71. The van der Waals surface area contributed by atoms with E-state index < -0.39 is 29.2 Å². The van der Waals surface area contributed by atoms with Gasteiger partial charge in [0.2, 0.25) is 0 Å². The molecule has 1 saturated heterocycles. The maximum absolute atomic E-state index is 13.0. The van der Waals surface area contributed by atoms with Gasteiger partial charge in [-0.25, -0.2) is 9.78 Å². The first kappa shape index (κ1) is 24.5. The monoisotopic (exact) mass is 531 g/mol. The molecule has 2 aromatic heterocycles. The third-order valence-corrected chi connectivity index (χ3v) is 8.06. The number of pyridine rings is 1.